The lowest BCUT2D eigenvalue weighted by Gasteiger charge is -2.22. The number of aliphatic hydroxyl groups excluding tert-OH is 1. The van der Waals surface area contributed by atoms with Crippen LogP contribution < -0.4 is 0 Å². The summed E-state index contributed by atoms with van der Waals surface area (Å²) in [4.78, 5) is 13.0. The quantitative estimate of drug-likeness (QED) is 0.583. The van der Waals surface area contributed by atoms with Gasteiger partial charge in [-0.25, -0.2) is 8.78 Å². The number of amides is 1. The normalized spacial score (nSPS) is 10.9. The minimum absolute atomic E-state index is 0.146. The summed E-state index contributed by atoms with van der Waals surface area (Å²) in [6, 6.07) is 2.83. The number of aliphatic hydroxyl groups is 1. The molecule has 1 N–H and O–H groups in total. The van der Waals surface area contributed by atoms with Crippen LogP contribution in [-0.2, 0) is 0 Å². The topological polar surface area (TPSA) is 40.5 Å². The summed E-state index contributed by atoms with van der Waals surface area (Å²) in [5.41, 5.74) is 0.146. The minimum Gasteiger partial charge on any atom is -0.395 e. The lowest BCUT2D eigenvalue weighted by molar-refractivity contribution is 0.0508. The Morgan fingerprint density at radius 2 is 2.05 bits per heavy atom. The molecule has 1 aromatic rings. The average molecular weight is 424 g/mol. The van der Waals surface area contributed by atoms with E-state index in [1.807, 2.05) is 22.6 Å². The van der Waals surface area contributed by atoms with Crippen molar-refractivity contribution >= 4 is 51.7 Å². The summed E-state index contributed by atoms with van der Waals surface area (Å²) in [6.45, 7) is -1.33. The van der Waals surface area contributed by atoms with Gasteiger partial charge in [-0.2, -0.15) is 0 Å². The SMILES string of the molecule is O=C(c1cc(Cl)cc(Cl)c1I)N(CCO)CC(F)F. The van der Waals surface area contributed by atoms with Crippen LogP contribution in [0.4, 0.5) is 8.78 Å². The van der Waals surface area contributed by atoms with Crippen molar-refractivity contribution in [2.24, 2.45) is 0 Å². The van der Waals surface area contributed by atoms with E-state index in [2.05, 4.69) is 0 Å². The van der Waals surface area contributed by atoms with Crippen LogP contribution in [0.25, 0.3) is 0 Å². The third-order valence-corrected chi connectivity index (χ3v) is 4.24. The highest BCUT2D eigenvalue weighted by molar-refractivity contribution is 14.1. The molecule has 1 aromatic carbocycles. The molecule has 3 nitrogen and oxygen atoms in total. The van der Waals surface area contributed by atoms with Gasteiger partial charge in [-0.1, -0.05) is 23.2 Å². The van der Waals surface area contributed by atoms with Gasteiger partial charge in [-0.3, -0.25) is 4.79 Å². The molecule has 106 valence electrons. The van der Waals surface area contributed by atoms with Crippen molar-refractivity contribution in [2.45, 2.75) is 6.43 Å². The maximum absolute atomic E-state index is 12.4. The lowest BCUT2D eigenvalue weighted by Crippen LogP contribution is -2.37. The molecule has 0 aliphatic rings. The Hall–Kier alpha value is -0.180. The maximum atomic E-state index is 12.4. The van der Waals surface area contributed by atoms with Gasteiger partial charge in [0.1, 0.15) is 0 Å². The molecule has 19 heavy (non-hydrogen) atoms. The minimum atomic E-state index is -2.68. The van der Waals surface area contributed by atoms with Crippen LogP contribution in [0.2, 0.25) is 10.0 Å². The van der Waals surface area contributed by atoms with Crippen LogP contribution in [-0.4, -0.2) is 42.0 Å². The van der Waals surface area contributed by atoms with E-state index in [0.717, 1.165) is 4.90 Å². The molecule has 0 radical (unpaired) electrons. The number of halogens is 5. The van der Waals surface area contributed by atoms with Crippen molar-refractivity contribution in [3.8, 4) is 0 Å². The highest BCUT2D eigenvalue weighted by Crippen LogP contribution is 2.27. The standard InChI is InChI=1S/C11H10Cl2F2INO2/c12-6-3-7(10(16)8(13)4-6)11(19)17(1-2-18)5-9(14)15/h3-4,9,18H,1-2,5H2. The van der Waals surface area contributed by atoms with Crippen molar-refractivity contribution in [1.29, 1.82) is 0 Å². The van der Waals surface area contributed by atoms with Gasteiger partial charge in [-0.15, -0.1) is 0 Å². The molecule has 0 aromatic heterocycles. The first kappa shape index (κ1) is 16.9. The first-order chi connectivity index (χ1) is 8.86. The van der Waals surface area contributed by atoms with Crippen molar-refractivity contribution < 1.29 is 18.7 Å². The second-order valence-electron chi connectivity index (χ2n) is 3.62. The number of carbonyl (C=O) groups is 1. The van der Waals surface area contributed by atoms with E-state index < -0.39 is 25.5 Å². The fraction of sp³-hybridized carbons (Fsp3) is 0.364. The number of carbonyl (C=O) groups excluding carboxylic acids is 1. The molecule has 0 aliphatic carbocycles. The molecule has 0 saturated heterocycles. The highest BCUT2D eigenvalue weighted by Gasteiger charge is 2.22. The van der Waals surface area contributed by atoms with E-state index in [9.17, 15) is 13.6 Å². The molecule has 0 saturated carbocycles. The Labute approximate surface area is 132 Å². The summed E-state index contributed by atoms with van der Waals surface area (Å²) < 4.78 is 25.3. The molecule has 8 heteroatoms. The molecule has 0 atom stereocenters. The molecule has 1 rings (SSSR count). The first-order valence-corrected chi connectivity index (χ1v) is 7.03. The van der Waals surface area contributed by atoms with Crippen LogP contribution in [0.3, 0.4) is 0 Å². The number of rotatable bonds is 5. The van der Waals surface area contributed by atoms with E-state index in [1.165, 1.54) is 12.1 Å². The Morgan fingerprint density at radius 1 is 1.42 bits per heavy atom. The van der Waals surface area contributed by atoms with E-state index >= 15 is 0 Å². The van der Waals surface area contributed by atoms with Crippen LogP contribution in [0, 0.1) is 3.57 Å². The number of benzene rings is 1. The molecule has 0 bridgehead atoms. The predicted molar refractivity (Wildman–Crippen MR) is 78.2 cm³/mol. The van der Waals surface area contributed by atoms with Crippen LogP contribution >= 0.6 is 45.8 Å². The Bertz CT molecular complexity index is 474. The summed E-state index contributed by atoms with van der Waals surface area (Å²) in [7, 11) is 0. The van der Waals surface area contributed by atoms with Crippen molar-refractivity contribution in [1.82, 2.24) is 4.90 Å². The maximum Gasteiger partial charge on any atom is 0.255 e. The monoisotopic (exact) mass is 423 g/mol. The van der Waals surface area contributed by atoms with Crippen molar-refractivity contribution in [3.63, 3.8) is 0 Å². The van der Waals surface area contributed by atoms with Crippen LogP contribution in [0.5, 0.6) is 0 Å². The largest absolute Gasteiger partial charge is 0.395 e. The first-order valence-electron chi connectivity index (χ1n) is 5.19. The van der Waals surface area contributed by atoms with Gasteiger partial charge < -0.3 is 10.0 Å². The van der Waals surface area contributed by atoms with E-state index in [-0.39, 0.29) is 22.2 Å². The van der Waals surface area contributed by atoms with Crippen LogP contribution in [0.1, 0.15) is 10.4 Å². The van der Waals surface area contributed by atoms with Gasteiger partial charge in [-0.05, 0) is 34.7 Å². The fourth-order valence-electron chi connectivity index (χ4n) is 1.45. The number of hydrogen-bond acceptors (Lipinski definition) is 2. The van der Waals surface area contributed by atoms with Crippen molar-refractivity contribution in [3.05, 3.63) is 31.3 Å². The zero-order valence-corrected chi connectivity index (χ0v) is 13.2. The Balaban J connectivity index is 3.08. The van der Waals surface area contributed by atoms with Gasteiger partial charge in [0, 0.05) is 15.1 Å². The number of nitrogens with zero attached hydrogens (tertiary/aromatic N) is 1. The molecular formula is C11H10Cl2F2INO2. The van der Waals surface area contributed by atoms with Crippen molar-refractivity contribution in [2.75, 3.05) is 19.7 Å². The lowest BCUT2D eigenvalue weighted by atomic mass is 10.2. The summed E-state index contributed by atoms with van der Waals surface area (Å²) in [5, 5.41) is 9.35. The van der Waals surface area contributed by atoms with E-state index in [1.54, 1.807) is 0 Å². The van der Waals surface area contributed by atoms with E-state index in [0.29, 0.717) is 3.57 Å². The third kappa shape index (κ3) is 4.70. The summed E-state index contributed by atoms with van der Waals surface area (Å²) >= 11 is 13.5. The number of alkyl halides is 2. The van der Waals surface area contributed by atoms with E-state index in [4.69, 9.17) is 28.3 Å². The van der Waals surface area contributed by atoms with Gasteiger partial charge in [0.25, 0.3) is 12.3 Å². The smallest absolute Gasteiger partial charge is 0.255 e. The second-order valence-corrected chi connectivity index (χ2v) is 5.54. The fourth-order valence-corrected chi connectivity index (χ4v) is 2.48. The zero-order valence-electron chi connectivity index (χ0n) is 9.55. The third-order valence-electron chi connectivity index (χ3n) is 2.24. The highest BCUT2D eigenvalue weighted by atomic mass is 127. The second kappa shape index (κ2) is 7.56. The number of hydrogen-bond donors (Lipinski definition) is 1. The molecule has 0 aliphatic heterocycles. The Kier molecular flexibility index (Phi) is 6.72. The molecule has 0 unspecified atom stereocenters. The van der Waals surface area contributed by atoms with Gasteiger partial charge in [0.05, 0.1) is 23.7 Å². The average Bonchev–Trinajstić information content (AvgIpc) is 2.32. The Morgan fingerprint density at radius 3 is 2.58 bits per heavy atom. The van der Waals surface area contributed by atoms with Gasteiger partial charge >= 0.3 is 0 Å². The zero-order chi connectivity index (χ0) is 14.6. The summed E-state index contributed by atoms with van der Waals surface area (Å²) in [5.74, 6) is -0.636. The molecule has 1 amide bonds. The summed E-state index contributed by atoms with van der Waals surface area (Å²) in [6.07, 6.45) is -2.68. The van der Waals surface area contributed by atoms with Gasteiger partial charge in [0.2, 0.25) is 0 Å². The van der Waals surface area contributed by atoms with Crippen LogP contribution in [0.15, 0.2) is 12.1 Å². The molecule has 0 fully saturated rings. The van der Waals surface area contributed by atoms with Gasteiger partial charge in [0.15, 0.2) is 0 Å². The molecular weight excluding hydrogens is 414 g/mol. The molecule has 0 heterocycles. The predicted octanol–water partition coefficient (Wildman–Crippen LogP) is 3.30. The molecule has 0 spiro atoms.